The Hall–Kier alpha value is -3.30. The second kappa shape index (κ2) is 9.46. The van der Waals surface area contributed by atoms with Crippen LogP contribution in [-0.2, 0) is 0 Å². The maximum absolute atomic E-state index is 14.1. The van der Waals surface area contributed by atoms with Crippen molar-refractivity contribution in [3.8, 4) is 28.5 Å². The largest absolute Gasteiger partial charge is 0.492 e. The minimum Gasteiger partial charge on any atom is -0.492 e. The Morgan fingerprint density at radius 3 is 2.59 bits per heavy atom. The molecule has 1 saturated heterocycles. The summed E-state index contributed by atoms with van der Waals surface area (Å²) >= 11 is 0. The lowest BCUT2D eigenvalue weighted by atomic mass is 10.1. The number of halogens is 2. The van der Waals surface area contributed by atoms with Gasteiger partial charge >= 0.3 is 0 Å². The van der Waals surface area contributed by atoms with Crippen molar-refractivity contribution in [2.45, 2.75) is 18.9 Å². The number of hydrogen-bond acceptors (Lipinski definition) is 6. The smallest absolute Gasteiger partial charge is 0.271 e. The van der Waals surface area contributed by atoms with Gasteiger partial charge in [0.25, 0.3) is 5.91 Å². The van der Waals surface area contributed by atoms with Crippen molar-refractivity contribution in [1.29, 1.82) is 0 Å². The predicted octanol–water partition coefficient (Wildman–Crippen LogP) is 3.22. The molecule has 1 fully saturated rings. The van der Waals surface area contributed by atoms with Crippen molar-refractivity contribution < 1.29 is 27.8 Å². The molecule has 0 bridgehead atoms. The van der Waals surface area contributed by atoms with Gasteiger partial charge in [0.1, 0.15) is 29.6 Å². The van der Waals surface area contributed by atoms with Gasteiger partial charge in [-0.3, -0.25) is 9.69 Å². The quantitative estimate of drug-likeness (QED) is 0.554. The van der Waals surface area contributed by atoms with Gasteiger partial charge in [0.15, 0.2) is 11.5 Å². The molecule has 32 heavy (non-hydrogen) atoms. The molecule has 0 aliphatic carbocycles. The Bertz CT molecular complexity index is 1080. The summed E-state index contributed by atoms with van der Waals surface area (Å²) in [6, 6.07) is 10.2. The molecular formula is C23H23F2N3O4. The van der Waals surface area contributed by atoms with Gasteiger partial charge in [-0.25, -0.2) is 13.8 Å². The van der Waals surface area contributed by atoms with Crippen LogP contribution in [0.2, 0.25) is 0 Å². The van der Waals surface area contributed by atoms with E-state index in [9.17, 15) is 18.7 Å². The van der Waals surface area contributed by atoms with Crippen molar-refractivity contribution in [1.82, 2.24) is 9.88 Å². The highest BCUT2D eigenvalue weighted by Crippen LogP contribution is 2.33. The third kappa shape index (κ3) is 4.49. The van der Waals surface area contributed by atoms with E-state index in [1.54, 1.807) is 24.3 Å². The summed E-state index contributed by atoms with van der Waals surface area (Å²) < 4.78 is 39.6. The lowest BCUT2D eigenvalue weighted by Gasteiger charge is -2.22. The molecule has 3 N–H and O–H groups in total. The van der Waals surface area contributed by atoms with E-state index >= 15 is 0 Å². The van der Waals surface area contributed by atoms with Crippen LogP contribution in [0, 0.1) is 11.6 Å². The number of aliphatic hydroxyl groups excluding tert-OH is 1. The molecule has 1 amide bonds. The number of ether oxygens (including phenoxy) is 1. The fraction of sp³-hybridized carbons (Fsp3) is 0.304. The zero-order valence-electron chi connectivity index (χ0n) is 17.3. The first-order valence-corrected chi connectivity index (χ1v) is 10.3. The first kappa shape index (κ1) is 21.9. The maximum Gasteiger partial charge on any atom is 0.271 e. The number of amides is 1. The fourth-order valence-corrected chi connectivity index (χ4v) is 3.87. The van der Waals surface area contributed by atoms with Crippen LogP contribution in [0.1, 0.15) is 23.3 Å². The lowest BCUT2D eigenvalue weighted by Crippen LogP contribution is -2.35. The highest BCUT2D eigenvalue weighted by molar-refractivity contribution is 5.97. The topological polar surface area (TPSA) is 102 Å². The third-order valence-corrected chi connectivity index (χ3v) is 5.51. The van der Waals surface area contributed by atoms with E-state index < -0.39 is 23.1 Å². The second-order valence-corrected chi connectivity index (χ2v) is 7.55. The molecule has 1 aliphatic rings. The van der Waals surface area contributed by atoms with Crippen LogP contribution in [0.15, 0.2) is 46.9 Å². The van der Waals surface area contributed by atoms with Crippen LogP contribution in [-0.4, -0.2) is 53.2 Å². The van der Waals surface area contributed by atoms with Crippen LogP contribution >= 0.6 is 0 Å². The molecule has 2 heterocycles. The molecule has 0 spiro atoms. The number of rotatable bonds is 8. The lowest BCUT2D eigenvalue weighted by molar-refractivity contribution is 0.0996. The predicted molar refractivity (Wildman–Crippen MR) is 113 cm³/mol. The van der Waals surface area contributed by atoms with Crippen molar-refractivity contribution >= 4 is 5.91 Å². The fourth-order valence-electron chi connectivity index (χ4n) is 3.87. The number of nitrogens with zero attached hydrogens (tertiary/aromatic N) is 2. The average Bonchev–Trinajstić information content (AvgIpc) is 3.41. The Morgan fingerprint density at radius 1 is 1.22 bits per heavy atom. The highest BCUT2D eigenvalue weighted by Gasteiger charge is 2.25. The molecule has 7 nitrogen and oxygen atoms in total. The van der Waals surface area contributed by atoms with Gasteiger partial charge in [-0.05, 0) is 55.8 Å². The number of nitrogens with two attached hydrogens (primary N) is 1. The first-order chi connectivity index (χ1) is 15.5. The van der Waals surface area contributed by atoms with E-state index in [4.69, 9.17) is 14.9 Å². The summed E-state index contributed by atoms with van der Waals surface area (Å²) in [4.78, 5) is 18.0. The molecule has 1 aliphatic heterocycles. The molecule has 9 heteroatoms. The zero-order valence-corrected chi connectivity index (χ0v) is 17.3. The van der Waals surface area contributed by atoms with Gasteiger partial charge in [-0.2, -0.15) is 0 Å². The molecular weight excluding hydrogens is 420 g/mol. The molecule has 2 aromatic carbocycles. The molecule has 4 rings (SSSR count). The SMILES string of the molecule is NC(=O)c1nc(-c2c(F)cccc2F)oc1-c1ccc(OCCN2CCC[C@H]2CO)cc1. The standard InChI is InChI=1S/C23H23F2N3O4/c24-17-4-1-5-18(25)19(17)23-27-20(22(26)30)21(32-23)14-6-8-16(9-7-14)31-12-11-28-10-2-3-15(28)13-29/h1,4-9,15,29H,2-3,10-13H2,(H2,26,30)/t15-/m0/s1. The summed E-state index contributed by atoms with van der Waals surface area (Å²) in [7, 11) is 0. The molecule has 168 valence electrons. The minimum atomic E-state index is -0.879. The van der Waals surface area contributed by atoms with E-state index in [1.165, 1.54) is 6.07 Å². The van der Waals surface area contributed by atoms with Crippen molar-refractivity contribution in [3.05, 3.63) is 59.8 Å². The number of carbonyl (C=O) groups excluding carboxylic acids is 1. The van der Waals surface area contributed by atoms with E-state index in [1.807, 2.05) is 0 Å². The number of benzene rings is 2. The summed E-state index contributed by atoms with van der Waals surface area (Å²) in [6.07, 6.45) is 2.06. The Labute approximate surface area is 183 Å². The summed E-state index contributed by atoms with van der Waals surface area (Å²) in [5.74, 6) is -2.35. The van der Waals surface area contributed by atoms with Crippen LogP contribution in [0.3, 0.4) is 0 Å². The van der Waals surface area contributed by atoms with E-state index in [0.29, 0.717) is 24.5 Å². The first-order valence-electron chi connectivity index (χ1n) is 10.3. The van der Waals surface area contributed by atoms with Crippen molar-refractivity contribution in [3.63, 3.8) is 0 Å². The van der Waals surface area contributed by atoms with Gasteiger partial charge in [-0.15, -0.1) is 0 Å². The molecule has 0 saturated carbocycles. The van der Waals surface area contributed by atoms with Gasteiger partial charge in [-0.1, -0.05) is 6.07 Å². The number of oxazole rings is 1. The molecule has 0 unspecified atom stereocenters. The van der Waals surface area contributed by atoms with Gasteiger partial charge in [0, 0.05) is 18.2 Å². The van der Waals surface area contributed by atoms with Gasteiger partial charge < -0.3 is 20.0 Å². The van der Waals surface area contributed by atoms with Crippen molar-refractivity contribution in [2.24, 2.45) is 5.73 Å². The van der Waals surface area contributed by atoms with Gasteiger partial charge in [0.05, 0.1) is 6.61 Å². The normalized spacial score (nSPS) is 16.4. The van der Waals surface area contributed by atoms with Crippen LogP contribution in [0.4, 0.5) is 8.78 Å². The number of hydrogen-bond donors (Lipinski definition) is 2. The third-order valence-electron chi connectivity index (χ3n) is 5.51. The summed E-state index contributed by atoms with van der Waals surface area (Å²) in [5.41, 5.74) is 5.17. The number of likely N-dealkylation sites (tertiary alicyclic amines) is 1. The summed E-state index contributed by atoms with van der Waals surface area (Å²) in [5, 5.41) is 9.39. The number of primary amides is 1. The number of aromatic nitrogens is 1. The van der Waals surface area contributed by atoms with E-state index in [0.717, 1.165) is 31.5 Å². The van der Waals surface area contributed by atoms with Crippen LogP contribution in [0.25, 0.3) is 22.8 Å². The monoisotopic (exact) mass is 443 g/mol. The molecule has 1 aromatic heterocycles. The summed E-state index contributed by atoms with van der Waals surface area (Å²) in [6.45, 7) is 2.26. The number of carbonyl (C=O) groups is 1. The Balaban J connectivity index is 1.51. The maximum atomic E-state index is 14.1. The minimum absolute atomic E-state index is 0.0181. The Morgan fingerprint density at radius 2 is 1.94 bits per heavy atom. The second-order valence-electron chi connectivity index (χ2n) is 7.55. The van der Waals surface area contributed by atoms with E-state index in [2.05, 4.69) is 9.88 Å². The molecule has 1 atom stereocenters. The van der Waals surface area contributed by atoms with Crippen LogP contribution in [0.5, 0.6) is 5.75 Å². The molecule has 0 radical (unpaired) electrons. The van der Waals surface area contributed by atoms with E-state index in [-0.39, 0.29) is 30.0 Å². The zero-order chi connectivity index (χ0) is 22.7. The molecule has 3 aromatic rings. The van der Waals surface area contributed by atoms with Gasteiger partial charge in [0.2, 0.25) is 5.89 Å². The van der Waals surface area contributed by atoms with Crippen LogP contribution < -0.4 is 10.5 Å². The Kier molecular flexibility index (Phi) is 6.48. The highest BCUT2D eigenvalue weighted by atomic mass is 19.1. The van der Waals surface area contributed by atoms with Crippen molar-refractivity contribution in [2.75, 3.05) is 26.3 Å². The average molecular weight is 443 g/mol. The number of aliphatic hydroxyl groups is 1.